The Morgan fingerprint density at radius 3 is 2.33 bits per heavy atom. The van der Waals surface area contributed by atoms with Gasteiger partial charge in [-0.2, -0.15) is 0 Å². The van der Waals surface area contributed by atoms with Crippen molar-refractivity contribution in [3.8, 4) is 5.75 Å². The average Bonchev–Trinajstić information content (AvgIpc) is 2.60. The number of methoxy groups -OCH3 is 1. The maximum absolute atomic E-state index is 12.7. The van der Waals surface area contributed by atoms with Crippen LogP contribution < -0.4 is 9.46 Å². The largest absolute Gasteiger partial charge is 0.495 e. The molecule has 0 amide bonds. The molecule has 0 fully saturated rings. The summed E-state index contributed by atoms with van der Waals surface area (Å²) in [5, 5.41) is 0.623. The van der Waals surface area contributed by atoms with Crippen LogP contribution in [0.15, 0.2) is 41.3 Å². The molecule has 0 radical (unpaired) electrons. The minimum absolute atomic E-state index is 0.208. The predicted octanol–water partition coefficient (Wildman–Crippen LogP) is 3.71. The normalized spacial score (nSPS) is 14.2. The minimum atomic E-state index is -3.65. The Morgan fingerprint density at radius 1 is 1.08 bits per heavy atom. The van der Waals surface area contributed by atoms with Gasteiger partial charge >= 0.3 is 0 Å². The first-order valence-electron chi connectivity index (χ1n) is 7.93. The molecule has 0 saturated carbocycles. The summed E-state index contributed by atoms with van der Waals surface area (Å²) in [4.78, 5) is 0.208. The first-order valence-corrected chi connectivity index (χ1v) is 9.79. The maximum Gasteiger partial charge on any atom is 0.244 e. The molecular weight excluding hydrogens is 346 g/mol. The Labute approximate surface area is 147 Å². The summed E-state index contributed by atoms with van der Waals surface area (Å²) in [6.45, 7) is 0.208. The monoisotopic (exact) mass is 365 g/mol. The second-order valence-electron chi connectivity index (χ2n) is 5.93. The summed E-state index contributed by atoms with van der Waals surface area (Å²) in [6, 6.07) is 10.7. The van der Waals surface area contributed by atoms with Gasteiger partial charge in [0.25, 0.3) is 0 Å². The summed E-state index contributed by atoms with van der Waals surface area (Å²) < 4.78 is 33.4. The molecule has 2 aromatic rings. The zero-order valence-corrected chi connectivity index (χ0v) is 15.1. The minimum Gasteiger partial charge on any atom is -0.495 e. The molecule has 0 bridgehead atoms. The molecule has 2 aromatic carbocycles. The van der Waals surface area contributed by atoms with Crippen molar-refractivity contribution in [2.24, 2.45) is 0 Å². The van der Waals surface area contributed by atoms with Gasteiger partial charge in [0.15, 0.2) is 0 Å². The molecule has 1 N–H and O–H groups in total. The third-order valence-electron chi connectivity index (χ3n) is 4.30. The summed E-state index contributed by atoms with van der Waals surface area (Å²) in [7, 11) is -2.15. The van der Waals surface area contributed by atoms with Crippen LogP contribution in [0.25, 0.3) is 0 Å². The van der Waals surface area contributed by atoms with Crippen molar-refractivity contribution < 1.29 is 13.2 Å². The molecule has 0 atom stereocenters. The van der Waals surface area contributed by atoms with Gasteiger partial charge in [0.2, 0.25) is 10.0 Å². The fourth-order valence-corrected chi connectivity index (χ4v) is 4.31. The van der Waals surface area contributed by atoms with E-state index in [1.165, 1.54) is 12.7 Å². The van der Waals surface area contributed by atoms with Crippen LogP contribution in [0, 0.1) is 0 Å². The van der Waals surface area contributed by atoms with E-state index in [1.54, 1.807) is 30.3 Å². The number of halogens is 1. The van der Waals surface area contributed by atoms with Crippen LogP contribution >= 0.6 is 11.6 Å². The molecule has 1 aliphatic rings. The van der Waals surface area contributed by atoms with Crippen molar-refractivity contribution in [2.75, 3.05) is 7.11 Å². The van der Waals surface area contributed by atoms with Crippen LogP contribution in [0.4, 0.5) is 0 Å². The first kappa shape index (κ1) is 17.3. The molecule has 0 aliphatic heterocycles. The molecule has 0 unspecified atom stereocenters. The Morgan fingerprint density at radius 2 is 1.71 bits per heavy atom. The summed E-state index contributed by atoms with van der Waals surface area (Å²) in [5.41, 5.74) is 3.14. The fraction of sp³-hybridized carbons (Fsp3) is 0.333. The number of sulfonamides is 1. The molecular formula is C18H20ClNO3S. The number of benzene rings is 2. The van der Waals surface area contributed by atoms with Crippen LogP contribution in [0.3, 0.4) is 0 Å². The van der Waals surface area contributed by atoms with Gasteiger partial charge in [0, 0.05) is 11.6 Å². The van der Waals surface area contributed by atoms with Crippen LogP contribution in [0.1, 0.15) is 29.5 Å². The molecule has 3 rings (SSSR count). The van der Waals surface area contributed by atoms with E-state index in [2.05, 4.69) is 4.72 Å². The maximum atomic E-state index is 12.7. The molecule has 128 valence electrons. The van der Waals surface area contributed by atoms with E-state index in [9.17, 15) is 8.42 Å². The lowest BCUT2D eigenvalue weighted by molar-refractivity contribution is 0.401. The highest BCUT2D eigenvalue weighted by atomic mass is 35.5. The van der Waals surface area contributed by atoms with Crippen molar-refractivity contribution >= 4 is 21.6 Å². The molecule has 1 aliphatic carbocycles. The highest BCUT2D eigenvalue weighted by molar-refractivity contribution is 7.89. The summed E-state index contributed by atoms with van der Waals surface area (Å²) >= 11 is 5.85. The second kappa shape index (κ2) is 7.13. The van der Waals surface area contributed by atoms with Crippen LogP contribution in [0.2, 0.25) is 5.02 Å². The van der Waals surface area contributed by atoms with E-state index in [0.717, 1.165) is 36.8 Å². The topological polar surface area (TPSA) is 55.4 Å². The van der Waals surface area contributed by atoms with E-state index < -0.39 is 10.0 Å². The molecule has 0 heterocycles. The number of rotatable bonds is 5. The lowest BCUT2D eigenvalue weighted by Crippen LogP contribution is -2.24. The third kappa shape index (κ3) is 3.74. The quantitative estimate of drug-likeness (QED) is 0.878. The highest BCUT2D eigenvalue weighted by Crippen LogP contribution is 2.32. The lowest BCUT2D eigenvalue weighted by Gasteiger charge is -2.19. The number of hydrogen-bond acceptors (Lipinski definition) is 3. The number of ether oxygens (including phenoxy) is 1. The standard InChI is InChI=1S/C18H20ClNO3S/c1-23-17-10-14-4-2-3-5-15(14)11-18(17)24(21,22)20-12-13-6-8-16(19)9-7-13/h6-11,20H,2-5,12H2,1H3. The number of hydrogen-bond donors (Lipinski definition) is 1. The van der Waals surface area contributed by atoms with E-state index in [1.807, 2.05) is 6.07 Å². The van der Waals surface area contributed by atoms with Crippen LogP contribution in [-0.4, -0.2) is 15.5 Å². The Hall–Kier alpha value is -1.56. The van der Waals surface area contributed by atoms with Gasteiger partial charge < -0.3 is 4.74 Å². The Bertz CT molecular complexity index is 832. The second-order valence-corrected chi connectivity index (χ2v) is 8.10. The van der Waals surface area contributed by atoms with Crippen molar-refractivity contribution in [1.29, 1.82) is 0 Å². The van der Waals surface area contributed by atoms with Crippen molar-refractivity contribution in [3.05, 3.63) is 58.1 Å². The van der Waals surface area contributed by atoms with Crippen LogP contribution in [-0.2, 0) is 29.4 Å². The van der Waals surface area contributed by atoms with E-state index in [4.69, 9.17) is 16.3 Å². The van der Waals surface area contributed by atoms with Gasteiger partial charge in [0.1, 0.15) is 10.6 Å². The fourth-order valence-electron chi connectivity index (χ4n) is 2.97. The van der Waals surface area contributed by atoms with Crippen molar-refractivity contribution in [2.45, 2.75) is 37.1 Å². The van der Waals surface area contributed by atoms with Crippen LogP contribution in [0.5, 0.6) is 5.75 Å². The molecule has 4 nitrogen and oxygen atoms in total. The SMILES string of the molecule is COc1cc2c(cc1S(=O)(=O)NCc1ccc(Cl)cc1)CCCC2. The Balaban J connectivity index is 1.86. The predicted molar refractivity (Wildman–Crippen MR) is 95.1 cm³/mol. The molecule has 0 saturated heterocycles. The van der Waals surface area contributed by atoms with Gasteiger partial charge in [-0.05, 0) is 66.6 Å². The molecule has 0 aromatic heterocycles. The van der Waals surface area contributed by atoms with Gasteiger partial charge in [-0.15, -0.1) is 0 Å². The number of nitrogens with one attached hydrogen (secondary N) is 1. The first-order chi connectivity index (χ1) is 11.5. The Kier molecular flexibility index (Phi) is 5.13. The highest BCUT2D eigenvalue weighted by Gasteiger charge is 2.23. The zero-order chi connectivity index (χ0) is 17.2. The van der Waals surface area contributed by atoms with Crippen molar-refractivity contribution in [3.63, 3.8) is 0 Å². The summed E-state index contributed by atoms with van der Waals surface area (Å²) in [6.07, 6.45) is 4.12. The van der Waals surface area contributed by atoms with E-state index >= 15 is 0 Å². The molecule has 0 spiro atoms. The van der Waals surface area contributed by atoms with E-state index in [-0.39, 0.29) is 11.4 Å². The smallest absolute Gasteiger partial charge is 0.244 e. The average molecular weight is 366 g/mol. The lowest BCUT2D eigenvalue weighted by atomic mass is 9.92. The van der Waals surface area contributed by atoms with Gasteiger partial charge in [-0.25, -0.2) is 13.1 Å². The summed E-state index contributed by atoms with van der Waals surface area (Å²) in [5.74, 6) is 0.402. The van der Waals surface area contributed by atoms with Gasteiger partial charge in [-0.3, -0.25) is 0 Å². The van der Waals surface area contributed by atoms with Gasteiger partial charge in [0.05, 0.1) is 7.11 Å². The van der Waals surface area contributed by atoms with E-state index in [0.29, 0.717) is 10.8 Å². The number of aryl methyl sites for hydroxylation is 2. The zero-order valence-electron chi connectivity index (χ0n) is 13.5. The third-order valence-corrected chi connectivity index (χ3v) is 5.97. The van der Waals surface area contributed by atoms with Crippen molar-refractivity contribution in [1.82, 2.24) is 4.72 Å². The van der Waals surface area contributed by atoms with Gasteiger partial charge in [-0.1, -0.05) is 23.7 Å². The molecule has 24 heavy (non-hydrogen) atoms. The molecule has 6 heteroatoms. The number of fused-ring (bicyclic) bond motifs is 1.